The summed E-state index contributed by atoms with van der Waals surface area (Å²) in [6, 6.07) is 4.33. The van der Waals surface area contributed by atoms with Crippen LogP contribution in [-0.4, -0.2) is 4.98 Å². The van der Waals surface area contributed by atoms with Gasteiger partial charge in [0.1, 0.15) is 5.01 Å². The second-order valence-corrected chi connectivity index (χ2v) is 7.08. The number of aromatic nitrogens is 1. The maximum Gasteiger partial charge on any atom is 0.115 e. The molecule has 2 N–H and O–H groups in total. The fourth-order valence-corrected chi connectivity index (χ4v) is 4.58. The summed E-state index contributed by atoms with van der Waals surface area (Å²) in [5.74, 6) is 0. The molecule has 0 aromatic carbocycles. The highest BCUT2D eigenvalue weighted by Gasteiger charge is 2.20. The molecular formula is C14H18N2S2. The first kappa shape index (κ1) is 12.3. The van der Waals surface area contributed by atoms with E-state index in [1.165, 1.54) is 39.6 Å². The molecule has 4 heteroatoms. The van der Waals surface area contributed by atoms with Crippen molar-refractivity contribution in [3.05, 3.63) is 37.5 Å². The number of hydrogen-bond acceptors (Lipinski definition) is 4. The van der Waals surface area contributed by atoms with Crippen LogP contribution in [0.3, 0.4) is 0 Å². The predicted molar refractivity (Wildman–Crippen MR) is 78.5 cm³/mol. The minimum absolute atomic E-state index is 0.0223. The van der Waals surface area contributed by atoms with Crippen LogP contribution in [0, 0.1) is 0 Å². The van der Waals surface area contributed by atoms with E-state index in [-0.39, 0.29) is 6.04 Å². The molecule has 0 fully saturated rings. The van der Waals surface area contributed by atoms with Gasteiger partial charge in [0.05, 0.1) is 11.7 Å². The Hall–Kier alpha value is -0.710. The van der Waals surface area contributed by atoms with E-state index in [9.17, 15) is 0 Å². The van der Waals surface area contributed by atoms with Crippen LogP contribution in [0.1, 0.15) is 51.1 Å². The average molecular weight is 278 g/mol. The van der Waals surface area contributed by atoms with E-state index in [2.05, 4.69) is 19.1 Å². The Labute approximate surface area is 116 Å². The van der Waals surface area contributed by atoms with E-state index in [1.54, 1.807) is 0 Å². The van der Waals surface area contributed by atoms with E-state index in [0.29, 0.717) is 0 Å². The molecule has 96 valence electrons. The molecular weight excluding hydrogens is 260 g/mol. The van der Waals surface area contributed by atoms with Gasteiger partial charge in [0.25, 0.3) is 0 Å². The number of nitrogens with two attached hydrogens (primary N) is 1. The second kappa shape index (κ2) is 5.11. The van der Waals surface area contributed by atoms with Crippen molar-refractivity contribution in [1.29, 1.82) is 0 Å². The smallest absolute Gasteiger partial charge is 0.115 e. The van der Waals surface area contributed by atoms with Gasteiger partial charge in [-0.25, -0.2) is 4.98 Å². The first-order valence-electron chi connectivity index (χ1n) is 6.60. The van der Waals surface area contributed by atoms with Crippen molar-refractivity contribution in [3.8, 4) is 0 Å². The Morgan fingerprint density at radius 2 is 2.11 bits per heavy atom. The van der Waals surface area contributed by atoms with Gasteiger partial charge >= 0.3 is 0 Å². The Balaban J connectivity index is 1.87. The normalized spacial score (nSPS) is 16.6. The second-order valence-electron chi connectivity index (χ2n) is 4.76. The molecule has 1 aliphatic rings. The molecule has 2 aromatic rings. The van der Waals surface area contributed by atoms with Gasteiger partial charge in [-0.3, -0.25) is 0 Å². The molecule has 2 heterocycles. The molecule has 1 unspecified atom stereocenters. The lowest BCUT2D eigenvalue weighted by Gasteiger charge is -2.06. The molecule has 0 bridgehead atoms. The zero-order valence-corrected chi connectivity index (χ0v) is 12.2. The lowest BCUT2D eigenvalue weighted by molar-refractivity contribution is 0.679. The van der Waals surface area contributed by atoms with Gasteiger partial charge in [0.2, 0.25) is 0 Å². The van der Waals surface area contributed by atoms with E-state index in [1.807, 2.05) is 22.7 Å². The SMILES string of the molecule is CCc1ccc(C(N)c2nc3c(s2)CCCC3)s1. The summed E-state index contributed by atoms with van der Waals surface area (Å²) in [6.45, 7) is 2.18. The zero-order chi connectivity index (χ0) is 12.5. The molecule has 0 amide bonds. The Kier molecular flexibility index (Phi) is 3.50. The first-order valence-corrected chi connectivity index (χ1v) is 8.24. The third-order valence-corrected chi connectivity index (χ3v) is 6.02. The minimum Gasteiger partial charge on any atom is -0.318 e. The molecule has 0 aliphatic heterocycles. The number of hydrogen-bond donors (Lipinski definition) is 1. The van der Waals surface area contributed by atoms with Crippen LogP contribution in [0.5, 0.6) is 0 Å². The molecule has 3 rings (SSSR count). The topological polar surface area (TPSA) is 38.9 Å². The molecule has 0 saturated carbocycles. The monoisotopic (exact) mass is 278 g/mol. The van der Waals surface area contributed by atoms with Crippen LogP contribution in [0.25, 0.3) is 0 Å². The van der Waals surface area contributed by atoms with Gasteiger partial charge in [-0.1, -0.05) is 6.92 Å². The van der Waals surface area contributed by atoms with Gasteiger partial charge in [-0.05, 0) is 44.2 Å². The van der Waals surface area contributed by atoms with Crippen molar-refractivity contribution in [2.45, 2.75) is 45.1 Å². The van der Waals surface area contributed by atoms with Crippen molar-refractivity contribution in [2.24, 2.45) is 5.73 Å². The van der Waals surface area contributed by atoms with E-state index < -0.39 is 0 Å². The van der Waals surface area contributed by atoms with Crippen molar-refractivity contribution in [3.63, 3.8) is 0 Å². The lowest BCUT2D eigenvalue weighted by atomic mass is 10.0. The van der Waals surface area contributed by atoms with Crippen LogP contribution in [0.4, 0.5) is 0 Å². The molecule has 1 atom stereocenters. The van der Waals surface area contributed by atoms with Crippen LogP contribution in [-0.2, 0) is 19.3 Å². The Bertz CT molecular complexity index is 518. The number of rotatable bonds is 3. The van der Waals surface area contributed by atoms with E-state index in [4.69, 9.17) is 10.7 Å². The van der Waals surface area contributed by atoms with Crippen LogP contribution >= 0.6 is 22.7 Å². The van der Waals surface area contributed by atoms with Gasteiger partial charge in [-0.15, -0.1) is 22.7 Å². The van der Waals surface area contributed by atoms with Gasteiger partial charge in [0.15, 0.2) is 0 Å². The molecule has 2 nitrogen and oxygen atoms in total. The number of aryl methyl sites for hydroxylation is 3. The third-order valence-electron chi connectivity index (χ3n) is 3.47. The van der Waals surface area contributed by atoms with E-state index >= 15 is 0 Å². The summed E-state index contributed by atoms with van der Waals surface area (Å²) in [5, 5.41) is 1.10. The Morgan fingerprint density at radius 1 is 1.28 bits per heavy atom. The van der Waals surface area contributed by atoms with Gasteiger partial charge in [-0.2, -0.15) is 0 Å². The third kappa shape index (κ3) is 2.25. The average Bonchev–Trinajstić information content (AvgIpc) is 3.04. The van der Waals surface area contributed by atoms with Gasteiger partial charge in [0, 0.05) is 14.6 Å². The fourth-order valence-electron chi connectivity index (χ4n) is 2.38. The summed E-state index contributed by atoms with van der Waals surface area (Å²) in [6.07, 6.45) is 6.02. The highest BCUT2D eigenvalue weighted by atomic mass is 32.1. The zero-order valence-electron chi connectivity index (χ0n) is 10.6. The van der Waals surface area contributed by atoms with Crippen LogP contribution in [0.2, 0.25) is 0 Å². The van der Waals surface area contributed by atoms with Crippen molar-refractivity contribution >= 4 is 22.7 Å². The molecule has 0 saturated heterocycles. The number of thiazole rings is 1. The van der Waals surface area contributed by atoms with Crippen molar-refractivity contribution < 1.29 is 0 Å². The maximum absolute atomic E-state index is 6.35. The summed E-state index contributed by atoms with van der Waals surface area (Å²) in [4.78, 5) is 8.89. The molecule has 0 radical (unpaired) electrons. The largest absolute Gasteiger partial charge is 0.318 e. The van der Waals surface area contributed by atoms with Crippen molar-refractivity contribution in [1.82, 2.24) is 4.98 Å². The van der Waals surface area contributed by atoms with E-state index in [0.717, 1.165) is 17.8 Å². The summed E-state index contributed by atoms with van der Waals surface area (Å²) >= 11 is 3.65. The molecule has 18 heavy (non-hydrogen) atoms. The maximum atomic E-state index is 6.35. The highest BCUT2D eigenvalue weighted by Crippen LogP contribution is 2.33. The number of nitrogens with zero attached hydrogens (tertiary/aromatic N) is 1. The summed E-state index contributed by atoms with van der Waals surface area (Å²) < 4.78 is 0. The van der Waals surface area contributed by atoms with Gasteiger partial charge < -0.3 is 5.73 Å². The molecule has 0 spiro atoms. The minimum atomic E-state index is -0.0223. The predicted octanol–water partition coefficient (Wildman–Crippen LogP) is 3.69. The van der Waals surface area contributed by atoms with Crippen LogP contribution < -0.4 is 5.73 Å². The first-order chi connectivity index (χ1) is 8.78. The highest BCUT2D eigenvalue weighted by molar-refractivity contribution is 7.13. The molecule has 1 aliphatic carbocycles. The lowest BCUT2D eigenvalue weighted by Crippen LogP contribution is -2.10. The summed E-state index contributed by atoms with van der Waals surface area (Å²) in [7, 11) is 0. The number of fused-ring (bicyclic) bond motifs is 1. The molecule has 2 aromatic heterocycles. The van der Waals surface area contributed by atoms with Crippen molar-refractivity contribution in [2.75, 3.05) is 0 Å². The Morgan fingerprint density at radius 3 is 2.83 bits per heavy atom. The fraction of sp³-hybridized carbons (Fsp3) is 0.500. The quantitative estimate of drug-likeness (QED) is 0.930. The summed E-state index contributed by atoms with van der Waals surface area (Å²) in [5.41, 5.74) is 7.66. The standard InChI is InChI=1S/C14H18N2S2/c1-2-9-7-8-12(17-9)13(15)14-16-10-5-3-4-6-11(10)18-14/h7-8,13H,2-6,15H2,1H3. The van der Waals surface area contributed by atoms with Crippen LogP contribution in [0.15, 0.2) is 12.1 Å². The number of thiophene rings is 1.